The van der Waals surface area contributed by atoms with E-state index in [1.807, 2.05) is 18.2 Å². The van der Waals surface area contributed by atoms with Crippen LogP contribution < -0.4 is 10.2 Å². The molecule has 6 nitrogen and oxygen atoms in total. The minimum absolute atomic E-state index is 0.0876. The number of carbonyl (C=O) groups is 1. The van der Waals surface area contributed by atoms with Gasteiger partial charge in [-0.15, -0.1) is 10.2 Å². The highest BCUT2D eigenvalue weighted by atomic mass is 16.4. The lowest BCUT2D eigenvalue weighted by molar-refractivity contribution is -0.901. The maximum Gasteiger partial charge on any atom is 0.251 e. The summed E-state index contributed by atoms with van der Waals surface area (Å²) in [7, 11) is 0. The number of quaternary nitrogens is 1. The molecular formula is C21H23N4O2+. The van der Waals surface area contributed by atoms with Gasteiger partial charge >= 0.3 is 0 Å². The molecule has 1 aromatic heterocycles. The molecule has 1 saturated heterocycles. The topological polar surface area (TPSA) is 72.5 Å². The van der Waals surface area contributed by atoms with Crippen molar-refractivity contribution in [3.05, 3.63) is 71.6 Å². The number of nitrogens with one attached hydrogen (secondary N) is 2. The van der Waals surface area contributed by atoms with Crippen molar-refractivity contribution in [3.8, 4) is 11.5 Å². The molecular weight excluding hydrogens is 340 g/mol. The van der Waals surface area contributed by atoms with Crippen molar-refractivity contribution < 1.29 is 14.1 Å². The van der Waals surface area contributed by atoms with E-state index >= 15 is 0 Å². The Morgan fingerprint density at radius 1 is 1.04 bits per heavy atom. The quantitative estimate of drug-likeness (QED) is 0.701. The third-order valence-electron chi connectivity index (χ3n) is 5.06. The van der Waals surface area contributed by atoms with Crippen LogP contribution in [0.4, 0.5) is 0 Å². The Bertz CT molecular complexity index is 885. The summed E-state index contributed by atoms with van der Waals surface area (Å²) in [6.45, 7) is 4.05. The first-order valence-electron chi connectivity index (χ1n) is 9.35. The molecule has 4 rings (SSSR count). The highest BCUT2D eigenvalue weighted by Gasteiger charge is 2.17. The number of benzene rings is 2. The van der Waals surface area contributed by atoms with Crippen LogP contribution in [0.15, 0.2) is 59.3 Å². The maximum absolute atomic E-state index is 12.5. The van der Waals surface area contributed by atoms with Crippen LogP contribution in [-0.4, -0.2) is 29.2 Å². The summed E-state index contributed by atoms with van der Waals surface area (Å²) in [6.07, 6.45) is 3.92. The van der Waals surface area contributed by atoms with Crippen LogP contribution >= 0.6 is 0 Å². The molecule has 1 aliphatic rings. The van der Waals surface area contributed by atoms with E-state index in [4.69, 9.17) is 4.42 Å². The molecule has 0 spiro atoms. The second-order valence-electron chi connectivity index (χ2n) is 6.91. The number of amides is 1. The number of hydrogen-bond donors (Lipinski definition) is 2. The molecule has 3 aromatic rings. The zero-order valence-electron chi connectivity index (χ0n) is 15.1. The van der Waals surface area contributed by atoms with Crippen molar-refractivity contribution in [1.29, 1.82) is 0 Å². The molecule has 27 heavy (non-hydrogen) atoms. The van der Waals surface area contributed by atoms with Gasteiger partial charge in [0.1, 0.15) is 6.54 Å². The van der Waals surface area contributed by atoms with E-state index in [2.05, 4.69) is 33.7 Å². The summed E-state index contributed by atoms with van der Waals surface area (Å²) >= 11 is 0. The maximum atomic E-state index is 12.5. The number of carbonyl (C=O) groups excluding carboxylic acids is 1. The zero-order chi connectivity index (χ0) is 18.5. The SMILES string of the molecule is O=C(NCc1ccccc1C[NH+]1CCCC1)c1ccc(-c2nnco2)cc1. The highest BCUT2D eigenvalue weighted by Crippen LogP contribution is 2.16. The van der Waals surface area contributed by atoms with E-state index in [1.54, 1.807) is 17.0 Å². The van der Waals surface area contributed by atoms with Crippen LogP contribution in [0.1, 0.15) is 34.3 Å². The lowest BCUT2D eigenvalue weighted by Gasteiger charge is -2.15. The van der Waals surface area contributed by atoms with E-state index in [9.17, 15) is 4.79 Å². The molecule has 6 heteroatoms. The van der Waals surface area contributed by atoms with Crippen LogP contribution in [-0.2, 0) is 13.1 Å². The van der Waals surface area contributed by atoms with Crippen molar-refractivity contribution in [2.75, 3.05) is 13.1 Å². The predicted molar refractivity (Wildman–Crippen MR) is 101 cm³/mol. The summed E-state index contributed by atoms with van der Waals surface area (Å²) < 4.78 is 5.17. The van der Waals surface area contributed by atoms with Crippen LogP contribution in [0.5, 0.6) is 0 Å². The molecule has 2 heterocycles. The van der Waals surface area contributed by atoms with Gasteiger partial charge in [0.2, 0.25) is 12.3 Å². The Hall–Kier alpha value is -2.99. The van der Waals surface area contributed by atoms with Gasteiger partial charge in [-0.2, -0.15) is 0 Å². The fourth-order valence-corrected chi connectivity index (χ4v) is 3.56. The molecule has 0 bridgehead atoms. The minimum atomic E-state index is -0.0876. The Kier molecular flexibility index (Phi) is 5.25. The molecule has 2 aromatic carbocycles. The van der Waals surface area contributed by atoms with Crippen LogP contribution in [0.2, 0.25) is 0 Å². The third kappa shape index (κ3) is 4.23. The number of aromatic nitrogens is 2. The molecule has 138 valence electrons. The molecule has 0 saturated carbocycles. The predicted octanol–water partition coefficient (Wildman–Crippen LogP) is 1.85. The summed E-state index contributed by atoms with van der Waals surface area (Å²) in [6, 6.07) is 15.6. The molecule has 2 N–H and O–H groups in total. The molecule has 0 atom stereocenters. The van der Waals surface area contributed by atoms with Crippen molar-refractivity contribution in [1.82, 2.24) is 15.5 Å². The zero-order valence-corrected chi connectivity index (χ0v) is 15.1. The molecule has 1 aliphatic heterocycles. The van der Waals surface area contributed by atoms with Gasteiger partial charge in [0.15, 0.2) is 0 Å². The van der Waals surface area contributed by atoms with Crippen molar-refractivity contribution in [2.24, 2.45) is 0 Å². The molecule has 0 radical (unpaired) electrons. The number of likely N-dealkylation sites (tertiary alicyclic amines) is 1. The monoisotopic (exact) mass is 363 g/mol. The average molecular weight is 363 g/mol. The van der Waals surface area contributed by atoms with Gasteiger partial charge in [0, 0.05) is 36.1 Å². The number of hydrogen-bond acceptors (Lipinski definition) is 4. The Labute approximate surface area is 158 Å². The van der Waals surface area contributed by atoms with Crippen molar-refractivity contribution in [2.45, 2.75) is 25.9 Å². The summed E-state index contributed by atoms with van der Waals surface area (Å²) in [4.78, 5) is 14.1. The van der Waals surface area contributed by atoms with Crippen molar-refractivity contribution in [3.63, 3.8) is 0 Å². The van der Waals surface area contributed by atoms with Crippen LogP contribution in [0.3, 0.4) is 0 Å². The molecule has 1 fully saturated rings. The van der Waals surface area contributed by atoms with Gasteiger partial charge in [0.25, 0.3) is 5.91 Å². The normalized spacial score (nSPS) is 14.4. The second-order valence-corrected chi connectivity index (χ2v) is 6.91. The Morgan fingerprint density at radius 3 is 2.48 bits per heavy atom. The van der Waals surface area contributed by atoms with Gasteiger partial charge < -0.3 is 14.6 Å². The molecule has 0 unspecified atom stereocenters. The van der Waals surface area contributed by atoms with Crippen LogP contribution in [0, 0.1) is 0 Å². The lowest BCUT2D eigenvalue weighted by atomic mass is 10.1. The van der Waals surface area contributed by atoms with Gasteiger partial charge in [-0.3, -0.25) is 4.79 Å². The van der Waals surface area contributed by atoms with Crippen molar-refractivity contribution >= 4 is 5.91 Å². The number of rotatable bonds is 6. The van der Waals surface area contributed by atoms with E-state index < -0.39 is 0 Å². The van der Waals surface area contributed by atoms with E-state index in [-0.39, 0.29) is 5.91 Å². The van der Waals surface area contributed by atoms with E-state index in [0.717, 1.165) is 12.1 Å². The Balaban J connectivity index is 1.39. The second kappa shape index (κ2) is 8.14. The average Bonchev–Trinajstić information content (AvgIpc) is 3.41. The highest BCUT2D eigenvalue weighted by molar-refractivity contribution is 5.94. The fourth-order valence-electron chi connectivity index (χ4n) is 3.56. The van der Waals surface area contributed by atoms with Gasteiger partial charge in [-0.1, -0.05) is 24.3 Å². The standard InChI is InChI=1S/C21H22N4O2/c26-20(16-7-9-17(10-8-16)21-24-23-15-27-21)22-13-18-5-1-2-6-19(18)14-25-11-3-4-12-25/h1-2,5-10,15H,3-4,11-14H2,(H,22,26)/p+1. The van der Waals surface area contributed by atoms with Gasteiger partial charge in [-0.05, 0) is 29.8 Å². The largest absolute Gasteiger partial charge is 0.423 e. The first-order valence-corrected chi connectivity index (χ1v) is 9.35. The van der Waals surface area contributed by atoms with Gasteiger partial charge in [0.05, 0.1) is 13.1 Å². The van der Waals surface area contributed by atoms with E-state index in [0.29, 0.717) is 18.0 Å². The fraction of sp³-hybridized carbons (Fsp3) is 0.286. The Morgan fingerprint density at radius 2 is 1.78 bits per heavy atom. The van der Waals surface area contributed by atoms with Gasteiger partial charge in [-0.25, -0.2) is 0 Å². The first-order chi connectivity index (χ1) is 13.3. The lowest BCUT2D eigenvalue weighted by Crippen LogP contribution is -3.08. The summed E-state index contributed by atoms with van der Waals surface area (Å²) in [5, 5.41) is 10.6. The molecule has 1 amide bonds. The van der Waals surface area contributed by atoms with E-state index in [1.165, 1.54) is 43.5 Å². The smallest absolute Gasteiger partial charge is 0.251 e. The summed E-state index contributed by atoms with van der Waals surface area (Å²) in [5.41, 5.74) is 3.91. The third-order valence-corrected chi connectivity index (χ3v) is 5.06. The number of nitrogens with zero attached hydrogens (tertiary/aromatic N) is 2. The summed E-state index contributed by atoms with van der Waals surface area (Å²) in [5.74, 6) is 0.357. The minimum Gasteiger partial charge on any atom is -0.423 e. The molecule has 0 aliphatic carbocycles. The van der Waals surface area contributed by atoms with Crippen LogP contribution in [0.25, 0.3) is 11.5 Å². The first kappa shape index (κ1) is 17.4.